The summed E-state index contributed by atoms with van der Waals surface area (Å²) >= 11 is 0. The van der Waals surface area contributed by atoms with E-state index < -0.39 is 0 Å². The average molecular weight is 267 g/mol. The Bertz CT molecular complexity index is 423. The van der Waals surface area contributed by atoms with Crippen LogP contribution in [0.25, 0.3) is 0 Å². The van der Waals surface area contributed by atoms with Gasteiger partial charge in [-0.1, -0.05) is 19.1 Å². The molecule has 2 unspecified atom stereocenters. The predicted octanol–water partition coefficient (Wildman–Crippen LogP) is 1.28. The highest BCUT2D eigenvalue weighted by atomic mass is 19.1. The monoisotopic (exact) mass is 267 g/mol. The van der Waals surface area contributed by atoms with Crippen LogP contribution in [0.1, 0.15) is 25.5 Å². The van der Waals surface area contributed by atoms with E-state index >= 15 is 0 Å². The molecule has 19 heavy (non-hydrogen) atoms. The number of hydrogen-bond donors (Lipinski definition) is 2. The van der Waals surface area contributed by atoms with Gasteiger partial charge in [-0.05, 0) is 31.2 Å². The third kappa shape index (κ3) is 4.29. The zero-order chi connectivity index (χ0) is 14.4. The van der Waals surface area contributed by atoms with Crippen LogP contribution >= 0.6 is 0 Å². The van der Waals surface area contributed by atoms with Crippen LogP contribution in [0.3, 0.4) is 0 Å². The molecule has 0 heterocycles. The summed E-state index contributed by atoms with van der Waals surface area (Å²) in [5.41, 5.74) is 6.81. The van der Waals surface area contributed by atoms with E-state index in [2.05, 4.69) is 5.32 Å². The van der Waals surface area contributed by atoms with E-state index in [4.69, 9.17) is 5.73 Å². The molecule has 0 aliphatic carbocycles. The lowest BCUT2D eigenvalue weighted by atomic mass is 9.99. The Kier molecular flexibility index (Phi) is 5.92. The lowest BCUT2D eigenvalue weighted by Crippen LogP contribution is -2.44. The Morgan fingerprint density at radius 2 is 2.21 bits per heavy atom. The van der Waals surface area contributed by atoms with Gasteiger partial charge in [-0.15, -0.1) is 0 Å². The van der Waals surface area contributed by atoms with Crippen LogP contribution in [0, 0.1) is 5.82 Å². The second kappa shape index (κ2) is 7.21. The van der Waals surface area contributed by atoms with Crippen molar-refractivity contribution in [3.63, 3.8) is 0 Å². The van der Waals surface area contributed by atoms with Crippen LogP contribution in [-0.4, -0.2) is 37.0 Å². The van der Waals surface area contributed by atoms with Crippen molar-refractivity contribution >= 4 is 5.91 Å². The summed E-state index contributed by atoms with van der Waals surface area (Å²) in [7, 11) is 1.60. The summed E-state index contributed by atoms with van der Waals surface area (Å²) in [6.07, 6.45) is 0. The first-order chi connectivity index (χ1) is 8.99. The normalized spacial score (nSPS) is 14.2. The molecule has 0 radical (unpaired) electrons. The van der Waals surface area contributed by atoms with Crippen LogP contribution < -0.4 is 11.1 Å². The van der Waals surface area contributed by atoms with E-state index in [9.17, 15) is 9.18 Å². The van der Waals surface area contributed by atoms with Gasteiger partial charge in [0.05, 0.1) is 12.6 Å². The van der Waals surface area contributed by atoms with Crippen molar-refractivity contribution < 1.29 is 9.18 Å². The number of likely N-dealkylation sites (N-methyl/N-ethyl adjacent to an activating group) is 2. The summed E-state index contributed by atoms with van der Waals surface area (Å²) in [4.78, 5) is 13.5. The summed E-state index contributed by atoms with van der Waals surface area (Å²) in [5, 5.41) is 2.59. The Hall–Kier alpha value is -1.46. The van der Waals surface area contributed by atoms with Gasteiger partial charge < -0.3 is 11.1 Å². The lowest BCUT2D eigenvalue weighted by Gasteiger charge is -2.33. The van der Waals surface area contributed by atoms with Gasteiger partial charge in [0.1, 0.15) is 5.82 Å². The first-order valence-corrected chi connectivity index (χ1v) is 6.45. The van der Waals surface area contributed by atoms with Crippen molar-refractivity contribution in [2.24, 2.45) is 5.73 Å². The molecule has 0 aliphatic heterocycles. The van der Waals surface area contributed by atoms with Gasteiger partial charge in [0.25, 0.3) is 0 Å². The van der Waals surface area contributed by atoms with E-state index in [0.717, 1.165) is 5.56 Å². The van der Waals surface area contributed by atoms with Crippen molar-refractivity contribution in [3.8, 4) is 0 Å². The fourth-order valence-electron chi connectivity index (χ4n) is 2.21. The van der Waals surface area contributed by atoms with Crippen LogP contribution in [0.15, 0.2) is 24.3 Å². The van der Waals surface area contributed by atoms with Gasteiger partial charge in [0.2, 0.25) is 5.91 Å². The van der Waals surface area contributed by atoms with E-state index in [1.807, 2.05) is 24.8 Å². The average Bonchev–Trinajstić information content (AvgIpc) is 2.37. The molecule has 0 spiro atoms. The molecule has 0 bridgehead atoms. The van der Waals surface area contributed by atoms with Gasteiger partial charge >= 0.3 is 0 Å². The predicted molar refractivity (Wildman–Crippen MR) is 74.1 cm³/mol. The number of rotatable bonds is 6. The Morgan fingerprint density at radius 1 is 1.53 bits per heavy atom. The van der Waals surface area contributed by atoms with E-state index in [0.29, 0.717) is 6.54 Å². The molecule has 4 nitrogen and oxygen atoms in total. The Balaban J connectivity index is 3.01. The summed E-state index contributed by atoms with van der Waals surface area (Å²) < 4.78 is 13.3. The fraction of sp³-hybridized carbons (Fsp3) is 0.500. The zero-order valence-corrected chi connectivity index (χ0v) is 11.7. The Morgan fingerprint density at radius 3 is 2.68 bits per heavy atom. The maximum atomic E-state index is 13.3. The molecule has 0 aromatic heterocycles. The molecule has 2 atom stereocenters. The van der Waals surface area contributed by atoms with E-state index in [1.54, 1.807) is 13.1 Å². The summed E-state index contributed by atoms with van der Waals surface area (Å²) in [5.74, 6) is -0.372. The number of nitrogens with one attached hydrogen (secondary N) is 1. The molecule has 5 heteroatoms. The van der Waals surface area contributed by atoms with Gasteiger partial charge in [0.15, 0.2) is 0 Å². The smallest absolute Gasteiger partial charge is 0.233 e. The highest BCUT2D eigenvalue weighted by Crippen LogP contribution is 2.23. The molecule has 1 rings (SSSR count). The molecule has 3 N–H and O–H groups in total. The quantitative estimate of drug-likeness (QED) is 0.816. The molecule has 1 aromatic rings. The van der Waals surface area contributed by atoms with Gasteiger partial charge in [-0.3, -0.25) is 9.69 Å². The van der Waals surface area contributed by atoms with Crippen LogP contribution in [0.4, 0.5) is 4.39 Å². The highest BCUT2D eigenvalue weighted by molar-refractivity contribution is 5.77. The van der Waals surface area contributed by atoms with E-state index in [1.165, 1.54) is 12.1 Å². The second-order valence-corrected chi connectivity index (χ2v) is 4.60. The number of nitrogens with two attached hydrogens (primary N) is 1. The molecule has 1 aromatic carbocycles. The second-order valence-electron chi connectivity index (χ2n) is 4.60. The maximum Gasteiger partial charge on any atom is 0.233 e. The molecular formula is C14H22FN3O. The Labute approximate surface area is 113 Å². The molecule has 0 saturated carbocycles. The SMILES string of the molecule is CCN(CC(=O)NC)C(c1cccc(F)c1)C(C)N. The van der Waals surface area contributed by atoms with Crippen molar-refractivity contribution in [2.75, 3.05) is 20.1 Å². The highest BCUT2D eigenvalue weighted by Gasteiger charge is 2.24. The number of nitrogens with zero attached hydrogens (tertiary/aromatic N) is 1. The number of hydrogen-bond acceptors (Lipinski definition) is 3. The lowest BCUT2D eigenvalue weighted by molar-refractivity contribution is -0.122. The number of amides is 1. The van der Waals surface area contributed by atoms with Crippen molar-refractivity contribution in [1.29, 1.82) is 0 Å². The number of halogens is 1. The van der Waals surface area contributed by atoms with Gasteiger partial charge in [0, 0.05) is 13.1 Å². The molecule has 1 amide bonds. The summed E-state index contributed by atoms with van der Waals surface area (Å²) in [6, 6.07) is 5.98. The van der Waals surface area contributed by atoms with Crippen molar-refractivity contribution in [1.82, 2.24) is 10.2 Å². The largest absolute Gasteiger partial charge is 0.358 e. The first-order valence-electron chi connectivity index (χ1n) is 6.45. The summed E-state index contributed by atoms with van der Waals surface area (Å²) in [6.45, 7) is 4.73. The molecule has 0 aliphatic rings. The van der Waals surface area contributed by atoms with Crippen LogP contribution in [0.2, 0.25) is 0 Å². The third-order valence-corrected chi connectivity index (χ3v) is 3.11. The van der Waals surface area contributed by atoms with Crippen molar-refractivity contribution in [2.45, 2.75) is 25.9 Å². The van der Waals surface area contributed by atoms with Gasteiger partial charge in [-0.25, -0.2) is 4.39 Å². The fourth-order valence-corrected chi connectivity index (χ4v) is 2.21. The van der Waals surface area contributed by atoms with Crippen LogP contribution in [-0.2, 0) is 4.79 Å². The zero-order valence-electron chi connectivity index (χ0n) is 11.7. The minimum atomic E-state index is -0.292. The molecular weight excluding hydrogens is 245 g/mol. The van der Waals surface area contributed by atoms with Crippen LogP contribution in [0.5, 0.6) is 0 Å². The molecule has 106 valence electrons. The number of carbonyl (C=O) groups excluding carboxylic acids is 1. The maximum absolute atomic E-state index is 13.3. The van der Waals surface area contributed by atoms with Crippen molar-refractivity contribution in [3.05, 3.63) is 35.6 Å². The minimum Gasteiger partial charge on any atom is -0.358 e. The molecule has 0 fully saturated rings. The number of benzene rings is 1. The third-order valence-electron chi connectivity index (χ3n) is 3.11. The van der Waals surface area contributed by atoms with E-state index in [-0.39, 0.29) is 30.4 Å². The standard InChI is InChI=1S/C14H22FN3O/c1-4-18(9-13(19)17-3)14(10(2)16)11-6-5-7-12(15)8-11/h5-8,10,14H,4,9,16H2,1-3H3,(H,17,19). The minimum absolute atomic E-state index is 0.0797. The topological polar surface area (TPSA) is 58.4 Å². The molecule has 0 saturated heterocycles. The number of carbonyl (C=O) groups is 1. The van der Waals surface area contributed by atoms with Gasteiger partial charge in [-0.2, -0.15) is 0 Å². The first kappa shape index (κ1) is 15.6.